The maximum absolute atomic E-state index is 12.2. The third-order valence-electron chi connectivity index (χ3n) is 3.38. The van der Waals surface area contributed by atoms with Gasteiger partial charge < -0.3 is 5.11 Å². The average Bonchev–Trinajstić information content (AvgIpc) is 2.90. The van der Waals surface area contributed by atoms with Gasteiger partial charge in [-0.2, -0.15) is 0 Å². The Morgan fingerprint density at radius 3 is 2.36 bits per heavy atom. The van der Waals surface area contributed by atoms with Crippen LogP contribution in [0.1, 0.15) is 10.9 Å². The zero-order valence-electron chi connectivity index (χ0n) is 11.4. The molecule has 0 saturated carbocycles. The highest BCUT2D eigenvalue weighted by molar-refractivity contribution is 8.00. The molecule has 6 nitrogen and oxygen atoms in total. The van der Waals surface area contributed by atoms with Crippen LogP contribution in [0.4, 0.5) is 11.4 Å². The van der Waals surface area contributed by atoms with Gasteiger partial charge in [-0.3, -0.25) is 19.8 Å². The Hall–Kier alpha value is -2.54. The summed E-state index contributed by atoms with van der Waals surface area (Å²) < 4.78 is 0. The molecular weight excluding hydrogens is 304 g/mol. The molecule has 2 aromatic rings. The molecule has 2 aromatic carbocycles. The van der Waals surface area contributed by atoms with Gasteiger partial charge in [-0.25, -0.2) is 0 Å². The lowest BCUT2D eigenvalue weighted by atomic mass is 10.1. The molecule has 1 aliphatic heterocycles. The number of carbonyl (C=O) groups excluding carboxylic acids is 1. The molecule has 0 aliphatic carbocycles. The molecule has 0 radical (unpaired) electrons. The molecule has 1 N–H and O–H groups in total. The van der Waals surface area contributed by atoms with Crippen molar-refractivity contribution in [3.05, 3.63) is 64.2 Å². The van der Waals surface area contributed by atoms with E-state index in [2.05, 4.69) is 0 Å². The topological polar surface area (TPSA) is 83.7 Å². The van der Waals surface area contributed by atoms with E-state index in [-0.39, 0.29) is 22.7 Å². The highest BCUT2D eigenvalue weighted by atomic mass is 32.2. The molecule has 1 saturated heterocycles. The Labute approximate surface area is 130 Å². The minimum Gasteiger partial charge on any atom is -0.508 e. The second-order valence-corrected chi connectivity index (χ2v) is 5.86. The summed E-state index contributed by atoms with van der Waals surface area (Å²) in [4.78, 5) is 24.1. The number of nitrogens with zero attached hydrogens (tertiary/aromatic N) is 2. The van der Waals surface area contributed by atoms with Crippen LogP contribution in [-0.4, -0.2) is 21.7 Å². The van der Waals surface area contributed by atoms with E-state index < -0.39 is 4.92 Å². The van der Waals surface area contributed by atoms with Crippen molar-refractivity contribution >= 4 is 29.0 Å². The maximum Gasteiger partial charge on any atom is 0.269 e. The molecule has 22 heavy (non-hydrogen) atoms. The molecule has 1 fully saturated rings. The first kappa shape index (κ1) is 14.4. The van der Waals surface area contributed by atoms with Gasteiger partial charge in [0.2, 0.25) is 5.91 Å². The molecule has 0 aromatic heterocycles. The van der Waals surface area contributed by atoms with Crippen molar-refractivity contribution in [2.45, 2.75) is 5.37 Å². The Kier molecular flexibility index (Phi) is 3.72. The summed E-state index contributed by atoms with van der Waals surface area (Å²) in [6, 6.07) is 12.6. The summed E-state index contributed by atoms with van der Waals surface area (Å²) in [7, 11) is 0. The lowest BCUT2D eigenvalue weighted by Crippen LogP contribution is -2.27. The average molecular weight is 316 g/mol. The van der Waals surface area contributed by atoms with Gasteiger partial charge in [0.1, 0.15) is 11.1 Å². The zero-order chi connectivity index (χ0) is 15.7. The van der Waals surface area contributed by atoms with Crippen molar-refractivity contribution in [2.24, 2.45) is 0 Å². The van der Waals surface area contributed by atoms with Crippen LogP contribution in [0, 0.1) is 10.1 Å². The predicted octanol–water partition coefficient (Wildman–Crippen LogP) is 3.08. The van der Waals surface area contributed by atoms with Crippen LogP contribution in [0.2, 0.25) is 0 Å². The Balaban J connectivity index is 1.93. The Bertz CT molecular complexity index is 715. The van der Waals surface area contributed by atoms with Gasteiger partial charge in [0.25, 0.3) is 5.69 Å². The first-order chi connectivity index (χ1) is 10.6. The molecule has 0 spiro atoms. The van der Waals surface area contributed by atoms with Crippen molar-refractivity contribution in [3.8, 4) is 5.75 Å². The normalized spacial score (nSPS) is 17.7. The standard InChI is InChI=1S/C15H12N2O4S/c18-13-7-5-11(6-8-13)16-14(19)9-22-15(16)10-1-3-12(4-2-10)17(20)21/h1-8,15,18H,9H2/t15-/m0/s1. The molecule has 1 heterocycles. The van der Waals surface area contributed by atoms with E-state index >= 15 is 0 Å². The van der Waals surface area contributed by atoms with Crippen molar-refractivity contribution in [1.29, 1.82) is 0 Å². The van der Waals surface area contributed by atoms with Gasteiger partial charge in [-0.1, -0.05) is 0 Å². The van der Waals surface area contributed by atoms with E-state index in [4.69, 9.17) is 0 Å². The van der Waals surface area contributed by atoms with Crippen LogP contribution in [-0.2, 0) is 4.79 Å². The van der Waals surface area contributed by atoms with Gasteiger partial charge in [0.15, 0.2) is 0 Å². The van der Waals surface area contributed by atoms with Crippen LogP contribution in [0.3, 0.4) is 0 Å². The number of phenols is 1. The Morgan fingerprint density at radius 2 is 1.77 bits per heavy atom. The van der Waals surface area contributed by atoms with Gasteiger partial charge in [0, 0.05) is 17.8 Å². The number of amides is 1. The molecule has 7 heteroatoms. The van der Waals surface area contributed by atoms with Gasteiger partial charge in [-0.05, 0) is 42.0 Å². The summed E-state index contributed by atoms with van der Waals surface area (Å²) in [6.45, 7) is 0. The van der Waals surface area contributed by atoms with E-state index in [0.29, 0.717) is 11.4 Å². The molecule has 1 aliphatic rings. The summed E-state index contributed by atoms with van der Waals surface area (Å²) in [5.41, 5.74) is 1.54. The monoisotopic (exact) mass is 316 g/mol. The maximum atomic E-state index is 12.2. The fourth-order valence-corrected chi connectivity index (χ4v) is 3.50. The number of thioether (sulfide) groups is 1. The molecule has 1 atom stereocenters. The first-order valence-corrected chi connectivity index (χ1v) is 7.58. The van der Waals surface area contributed by atoms with E-state index in [1.54, 1.807) is 29.2 Å². The van der Waals surface area contributed by atoms with Crippen LogP contribution in [0.25, 0.3) is 0 Å². The number of anilines is 1. The van der Waals surface area contributed by atoms with E-state index in [0.717, 1.165) is 5.56 Å². The fraction of sp³-hybridized carbons (Fsp3) is 0.133. The molecule has 3 rings (SSSR count). The molecular formula is C15H12N2O4S. The number of hydrogen-bond acceptors (Lipinski definition) is 5. The quantitative estimate of drug-likeness (QED) is 0.695. The van der Waals surface area contributed by atoms with Crippen LogP contribution in [0.15, 0.2) is 48.5 Å². The number of phenolic OH excluding ortho intramolecular Hbond substituents is 1. The van der Waals surface area contributed by atoms with Crippen molar-refractivity contribution in [3.63, 3.8) is 0 Å². The smallest absolute Gasteiger partial charge is 0.269 e. The minimum atomic E-state index is -0.450. The fourth-order valence-electron chi connectivity index (χ4n) is 2.32. The number of aromatic hydroxyl groups is 1. The number of non-ortho nitro benzene ring substituents is 1. The van der Waals surface area contributed by atoms with Crippen molar-refractivity contribution in [2.75, 3.05) is 10.7 Å². The summed E-state index contributed by atoms with van der Waals surface area (Å²) in [5.74, 6) is 0.455. The molecule has 1 amide bonds. The number of nitro benzene ring substituents is 1. The van der Waals surface area contributed by atoms with Crippen LogP contribution < -0.4 is 4.90 Å². The Morgan fingerprint density at radius 1 is 1.14 bits per heavy atom. The lowest BCUT2D eigenvalue weighted by Gasteiger charge is -2.24. The number of carbonyl (C=O) groups is 1. The second-order valence-electron chi connectivity index (χ2n) is 4.79. The van der Waals surface area contributed by atoms with Crippen LogP contribution in [0.5, 0.6) is 5.75 Å². The highest BCUT2D eigenvalue weighted by Gasteiger charge is 2.34. The number of rotatable bonds is 3. The molecule has 0 bridgehead atoms. The van der Waals surface area contributed by atoms with E-state index in [1.807, 2.05) is 0 Å². The largest absolute Gasteiger partial charge is 0.508 e. The van der Waals surface area contributed by atoms with Crippen molar-refractivity contribution in [1.82, 2.24) is 0 Å². The van der Waals surface area contributed by atoms with E-state index in [1.165, 1.54) is 36.0 Å². The summed E-state index contributed by atoms with van der Waals surface area (Å²) >= 11 is 1.47. The third kappa shape index (κ3) is 2.62. The molecule has 0 unspecified atom stereocenters. The van der Waals surface area contributed by atoms with E-state index in [9.17, 15) is 20.0 Å². The van der Waals surface area contributed by atoms with Gasteiger partial charge in [0.05, 0.1) is 10.7 Å². The first-order valence-electron chi connectivity index (χ1n) is 6.53. The SMILES string of the molecule is O=C1CS[C@@H](c2ccc([N+](=O)[O-])cc2)N1c1ccc(O)cc1. The number of nitro groups is 1. The lowest BCUT2D eigenvalue weighted by molar-refractivity contribution is -0.384. The predicted molar refractivity (Wildman–Crippen MR) is 83.9 cm³/mol. The zero-order valence-corrected chi connectivity index (χ0v) is 12.2. The minimum absolute atomic E-state index is 0.0225. The van der Waals surface area contributed by atoms with Gasteiger partial charge >= 0.3 is 0 Å². The number of benzene rings is 2. The summed E-state index contributed by atoms with van der Waals surface area (Å²) in [6.07, 6.45) is 0. The van der Waals surface area contributed by atoms with Crippen molar-refractivity contribution < 1.29 is 14.8 Å². The number of hydrogen-bond donors (Lipinski definition) is 1. The highest BCUT2D eigenvalue weighted by Crippen LogP contribution is 2.42. The van der Waals surface area contributed by atoms with Gasteiger partial charge in [-0.15, -0.1) is 11.8 Å². The van der Waals surface area contributed by atoms with Crippen LogP contribution >= 0.6 is 11.8 Å². The second kappa shape index (κ2) is 5.69. The molecule has 112 valence electrons. The third-order valence-corrected chi connectivity index (χ3v) is 4.60. The summed E-state index contributed by atoms with van der Waals surface area (Å²) in [5, 5.41) is 19.8.